The lowest BCUT2D eigenvalue weighted by Crippen LogP contribution is -2.28. The Balaban J connectivity index is 1.46. The second-order valence-corrected chi connectivity index (χ2v) is 6.78. The summed E-state index contributed by atoms with van der Waals surface area (Å²) in [4.78, 5) is 26.7. The molecule has 0 bridgehead atoms. The van der Waals surface area contributed by atoms with Gasteiger partial charge in [0.25, 0.3) is 0 Å². The number of carbonyl (C=O) groups is 2. The first-order chi connectivity index (χ1) is 13.5. The fraction of sp³-hybridized carbons (Fsp3) is 0.190. The number of amides is 2. The summed E-state index contributed by atoms with van der Waals surface area (Å²) in [5.41, 5.74) is 2.11. The second kappa shape index (κ2) is 7.26. The summed E-state index contributed by atoms with van der Waals surface area (Å²) >= 11 is 0. The van der Waals surface area contributed by atoms with Crippen LogP contribution in [0.5, 0.6) is 0 Å². The number of nitrogens with one attached hydrogen (secondary N) is 1. The number of hydrogen-bond donors (Lipinski definition) is 1. The number of nitrogens with zero attached hydrogens (tertiary/aromatic N) is 3. The molecule has 1 fully saturated rings. The molecule has 1 atom stereocenters. The molecule has 1 aliphatic heterocycles. The summed E-state index contributed by atoms with van der Waals surface area (Å²) in [6, 6.07) is 15.5. The molecule has 0 radical (unpaired) electrons. The van der Waals surface area contributed by atoms with E-state index in [4.69, 9.17) is 0 Å². The summed E-state index contributed by atoms with van der Waals surface area (Å²) in [6.07, 6.45) is 1.72. The summed E-state index contributed by atoms with van der Waals surface area (Å²) in [5.74, 6) is -0.908. The van der Waals surface area contributed by atoms with E-state index in [1.54, 1.807) is 35.4 Å². The average Bonchev–Trinajstić information content (AvgIpc) is 3.29. The van der Waals surface area contributed by atoms with Gasteiger partial charge in [-0.1, -0.05) is 30.3 Å². The van der Waals surface area contributed by atoms with Crippen LogP contribution in [0.25, 0.3) is 5.69 Å². The normalized spacial score (nSPS) is 16.4. The predicted molar refractivity (Wildman–Crippen MR) is 104 cm³/mol. The molecule has 2 aromatic carbocycles. The fourth-order valence-electron chi connectivity index (χ4n) is 3.37. The van der Waals surface area contributed by atoms with E-state index >= 15 is 0 Å². The van der Waals surface area contributed by atoms with Gasteiger partial charge in [0, 0.05) is 30.9 Å². The van der Waals surface area contributed by atoms with Crippen molar-refractivity contribution in [3.8, 4) is 5.69 Å². The van der Waals surface area contributed by atoms with Gasteiger partial charge in [0.05, 0.1) is 5.92 Å². The number of anilines is 2. The van der Waals surface area contributed by atoms with Crippen LogP contribution in [-0.2, 0) is 9.59 Å². The van der Waals surface area contributed by atoms with Crippen molar-refractivity contribution in [3.05, 3.63) is 72.2 Å². The van der Waals surface area contributed by atoms with Crippen LogP contribution >= 0.6 is 0 Å². The molecule has 7 heteroatoms. The van der Waals surface area contributed by atoms with Crippen molar-refractivity contribution in [1.29, 1.82) is 0 Å². The fourth-order valence-corrected chi connectivity index (χ4v) is 3.37. The monoisotopic (exact) mass is 378 g/mol. The Labute approximate surface area is 161 Å². The first kappa shape index (κ1) is 17.9. The van der Waals surface area contributed by atoms with E-state index in [2.05, 4.69) is 10.4 Å². The molecule has 1 saturated heterocycles. The predicted octanol–water partition coefficient (Wildman–Crippen LogP) is 3.31. The van der Waals surface area contributed by atoms with Gasteiger partial charge in [-0.05, 0) is 30.7 Å². The van der Waals surface area contributed by atoms with E-state index < -0.39 is 11.7 Å². The quantitative estimate of drug-likeness (QED) is 0.757. The Hall–Kier alpha value is -3.48. The second-order valence-electron chi connectivity index (χ2n) is 6.78. The zero-order valence-corrected chi connectivity index (χ0v) is 15.3. The summed E-state index contributed by atoms with van der Waals surface area (Å²) in [7, 11) is 0. The van der Waals surface area contributed by atoms with Crippen LogP contribution in [0.4, 0.5) is 15.9 Å². The number of benzene rings is 2. The number of carbonyl (C=O) groups excluding carboxylic acids is 2. The largest absolute Gasteiger partial charge is 0.311 e. The standard InChI is InChI=1S/C21H19FN4O2/c1-14-6-2-4-8-17(14)25-13-15(12-20(25)27)21(28)23-19-10-11-26(24-19)18-9-5-3-7-16(18)22/h2-11,15H,12-13H2,1H3,(H,23,24,28). The minimum atomic E-state index is -0.467. The Bertz CT molecular complexity index is 1050. The summed E-state index contributed by atoms with van der Waals surface area (Å²) in [6.45, 7) is 2.26. The van der Waals surface area contributed by atoms with Gasteiger partial charge < -0.3 is 10.2 Å². The van der Waals surface area contributed by atoms with Gasteiger partial charge in [0.15, 0.2) is 5.82 Å². The van der Waals surface area contributed by atoms with Crippen molar-refractivity contribution < 1.29 is 14.0 Å². The van der Waals surface area contributed by atoms with Crippen molar-refractivity contribution in [3.63, 3.8) is 0 Å². The number of halogens is 1. The lowest BCUT2D eigenvalue weighted by atomic mass is 10.1. The van der Waals surface area contributed by atoms with Crippen LogP contribution in [0.15, 0.2) is 60.8 Å². The molecule has 2 amide bonds. The lowest BCUT2D eigenvalue weighted by Gasteiger charge is -2.18. The molecular formula is C21H19FN4O2. The molecule has 1 unspecified atom stereocenters. The molecule has 4 rings (SSSR count). The summed E-state index contributed by atoms with van der Waals surface area (Å²) < 4.78 is 15.2. The molecule has 6 nitrogen and oxygen atoms in total. The highest BCUT2D eigenvalue weighted by Gasteiger charge is 2.35. The molecular weight excluding hydrogens is 359 g/mol. The molecule has 1 aromatic heterocycles. The lowest BCUT2D eigenvalue weighted by molar-refractivity contribution is -0.122. The third kappa shape index (κ3) is 3.38. The molecule has 2 heterocycles. The Morgan fingerprint density at radius 1 is 1.11 bits per heavy atom. The van der Waals surface area contributed by atoms with Crippen molar-refractivity contribution >= 4 is 23.3 Å². The molecule has 142 valence electrons. The number of rotatable bonds is 4. The zero-order valence-electron chi connectivity index (χ0n) is 15.3. The van der Waals surface area contributed by atoms with Crippen LogP contribution in [0.1, 0.15) is 12.0 Å². The van der Waals surface area contributed by atoms with Gasteiger partial charge in [-0.3, -0.25) is 9.59 Å². The van der Waals surface area contributed by atoms with E-state index in [0.717, 1.165) is 11.3 Å². The molecule has 0 spiro atoms. The topological polar surface area (TPSA) is 67.2 Å². The number of aryl methyl sites for hydroxylation is 1. The van der Waals surface area contributed by atoms with Crippen molar-refractivity contribution in [2.75, 3.05) is 16.8 Å². The first-order valence-corrected chi connectivity index (χ1v) is 9.00. The van der Waals surface area contributed by atoms with Gasteiger partial charge in [-0.15, -0.1) is 5.10 Å². The molecule has 1 aliphatic rings. The molecule has 0 aliphatic carbocycles. The SMILES string of the molecule is Cc1ccccc1N1CC(C(=O)Nc2ccn(-c3ccccc3F)n2)CC1=O. The van der Waals surface area contributed by atoms with Gasteiger partial charge in [-0.25, -0.2) is 9.07 Å². The molecule has 3 aromatic rings. The highest BCUT2D eigenvalue weighted by Crippen LogP contribution is 2.28. The van der Waals surface area contributed by atoms with Gasteiger partial charge in [-0.2, -0.15) is 0 Å². The smallest absolute Gasteiger partial charge is 0.231 e. The molecule has 0 saturated carbocycles. The maximum absolute atomic E-state index is 13.9. The Kier molecular flexibility index (Phi) is 4.65. The van der Waals surface area contributed by atoms with Crippen molar-refractivity contribution in [2.45, 2.75) is 13.3 Å². The first-order valence-electron chi connectivity index (χ1n) is 9.00. The van der Waals surface area contributed by atoms with Gasteiger partial charge >= 0.3 is 0 Å². The van der Waals surface area contributed by atoms with E-state index in [0.29, 0.717) is 18.1 Å². The summed E-state index contributed by atoms with van der Waals surface area (Å²) in [5, 5.41) is 6.94. The van der Waals surface area contributed by atoms with Crippen LogP contribution in [0.2, 0.25) is 0 Å². The van der Waals surface area contributed by atoms with Gasteiger partial charge in [0.1, 0.15) is 11.5 Å². The zero-order chi connectivity index (χ0) is 19.7. The maximum Gasteiger partial charge on any atom is 0.231 e. The van der Waals surface area contributed by atoms with E-state index in [1.165, 1.54) is 10.7 Å². The molecule has 1 N–H and O–H groups in total. The van der Waals surface area contributed by atoms with Crippen molar-refractivity contribution in [1.82, 2.24) is 9.78 Å². The van der Waals surface area contributed by atoms with E-state index in [-0.39, 0.29) is 18.2 Å². The van der Waals surface area contributed by atoms with E-state index in [9.17, 15) is 14.0 Å². The average molecular weight is 378 g/mol. The maximum atomic E-state index is 13.9. The third-order valence-electron chi connectivity index (χ3n) is 4.84. The Morgan fingerprint density at radius 3 is 2.57 bits per heavy atom. The number of para-hydroxylation sites is 2. The highest BCUT2D eigenvalue weighted by molar-refractivity contribution is 6.03. The van der Waals surface area contributed by atoms with Crippen LogP contribution in [-0.4, -0.2) is 28.1 Å². The minimum absolute atomic E-state index is 0.0775. The van der Waals surface area contributed by atoms with Crippen LogP contribution < -0.4 is 10.2 Å². The Morgan fingerprint density at radius 2 is 1.82 bits per heavy atom. The van der Waals surface area contributed by atoms with Crippen LogP contribution in [0, 0.1) is 18.7 Å². The van der Waals surface area contributed by atoms with Crippen LogP contribution in [0.3, 0.4) is 0 Å². The van der Waals surface area contributed by atoms with Crippen molar-refractivity contribution in [2.24, 2.45) is 5.92 Å². The minimum Gasteiger partial charge on any atom is -0.311 e. The number of hydrogen-bond acceptors (Lipinski definition) is 3. The third-order valence-corrected chi connectivity index (χ3v) is 4.84. The molecule has 28 heavy (non-hydrogen) atoms. The number of aromatic nitrogens is 2. The van der Waals surface area contributed by atoms with Gasteiger partial charge in [0.2, 0.25) is 11.8 Å². The van der Waals surface area contributed by atoms with E-state index in [1.807, 2.05) is 31.2 Å². The highest BCUT2D eigenvalue weighted by atomic mass is 19.1.